The van der Waals surface area contributed by atoms with Crippen LogP contribution in [0.5, 0.6) is 0 Å². The van der Waals surface area contributed by atoms with E-state index >= 15 is 0 Å². The predicted molar refractivity (Wildman–Crippen MR) is 47.8 cm³/mol. The Morgan fingerprint density at radius 3 is 2.00 bits per heavy atom. The molecule has 0 spiro atoms. The number of nitrogens with zero attached hydrogens (tertiary/aromatic N) is 1. The van der Waals surface area contributed by atoms with Gasteiger partial charge in [-0.1, -0.05) is 0 Å². The fourth-order valence-corrected chi connectivity index (χ4v) is 4.89. The van der Waals surface area contributed by atoms with Crippen LogP contribution in [-0.2, 0) is 0 Å². The zero-order valence-electron chi connectivity index (χ0n) is 7.40. The summed E-state index contributed by atoms with van der Waals surface area (Å²) in [6.45, 7) is 2.87. The van der Waals surface area contributed by atoms with Crippen LogP contribution in [0.15, 0.2) is 0 Å². The molecule has 2 heteroatoms. The van der Waals surface area contributed by atoms with Crippen molar-refractivity contribution < 1.29 is 4.48 Å². The summed E-state index contributed by atoms with van der Waals surface area (Å²) in [5.41, 5.74) is 0. The summed E-state index contributed by atoms with van der Waals surface area (Å²) in [7, 11) is 4.75. The number of rotatable bonds is 0. The van der Waals surface area contributed by atoms with Gasteiger partial charge in [-0.25, -0.2) is 0 Å². The summed E-state index contributed by atoms with van der Waals surface area (Å²) in [6, 6.07) is 0. The molecule has 0 saturated carbocycles. The van der Waals surface area contributed by atoms with Crippen LogP contribution in [0.4, 0.5) is 0 Å². The predicted octanol–water partition coefficient (Wildman–Crippen LogP) is 1.13. The van der Waals surface area contributed by atoms with Crippen LogP contribution >= 0.6 is 0 Å². The molecule has 0 aromatic carbocycles. The van der Waals surface area contributed by atoms with Gasteiger partial charge in [0.1, 0.15) is 0 Å². The third kappa shape index (κ3) is 3.13. The summed E-state index contributed by atoms with van der Waals surface area (Å²) >= 11 is 0.0151. The van der Waals surface area contributed by atoms with Gasteiger partial charge in [-0.3, -0.25) is 0 Å². The molecular formula is C8H19GaN+. The van der Waals surface area contributed by atoms with Crippen molar-refractivity contribution >= 4 is 17.4 Å². The second kappa shape index (κ2) is 3.84. The maximum atomic E-state index is 2.37. The van der Waals surface area contributed by atoms with Crippen LogP contribution in [0.25, 0.3) is 0 Å². The Hall–Kier alpha value is 0.596. The first-order chi connectivity index (χ1) is 4.71. The van der Waals surface area contributed by atoms with Crippen molar-refractivity contribution in [2.24, 2.45) is 0 Å². The molecule has 0 atom stereocenters. The summed E-state index contributed by atoms with van der Waals surface area (Å²) < 4.78 is 1.28. The van der Waals surface area contributed by atoms with Gasteiger partial charge >= 0.3 is 71.9 Å². The molecule has 0 aliphatic carbocycles. The Bertz CT molecular complexity index is 91.4. The molecule has 0 unspecified atom stereocenters. The number of quaternary nitrogens is 1. The van der Waals surface area contributed by atoms with E-state index in [-0.39, 0.29) is 17.4 Å². The van der Waals surface area contributed by atoms with Crippen molar-refractivity contribution in [2.75, 3.05) is 27.2 Å². The molecule has 1 nitrogen and oxygen atoms in total. The summed E-state index contributed by atoms with van der Waals surface area (Å²) in [4.78, 5) is 3.30. The van der Waals surface area contributed by atoms with E-state index in [2.05, 4.69) is 14.1 Å². The van der Waals surface area contributed by atoms with E-state index in [9.17, 15) is 0 Å². The fourth-order valence-electron chi connectivity index (χ4n) is 1.72. The standard InChI is InChI=1S/C8H18N.Ga.H/c1-5-7-9(3,4)8-6-2;;/h1-2,5-8H2,3-4H3;;/q+1;;. The third-order valence-corrected chi connectivity index (χ3v) is 6.72. The molecule has 1 rings (SSSR count). The van der Waals surface area contributed by atoms with Crippen LogP contribution < -0.4 is 0 Å². The minimum absolute atomic E-state index is 0.0151. The quantitative estimate of drug-likeness (QED) is 0.405. The molecular weight excluding hydrogens is 180 g/mol. The zero-order valence-corrected chi connectivity index (χ0v) is 10.4. The molecule has 1 aliphatic rings. The topological polar surface area (TPSA) is 0 Å². The number of hydrogen-bond acceptors (Lipinski definition) is 0. The van der Waals surface area contributed by atoms with Gasteiger partial charge in [0.15, 0.2) is 0 Å². The normalized spacial score (nSPS) is 26.2. The number of hydrogen-bond donors (Lipinski definition) is 0. The van der Waals surface area contributed by atoms with Crippen molar-refractivity contribution in [2.45, 2.75) is 22.8 Å². The Balaban J connectivity index is 2.30. The Morgan fingerprint density at radius 2 is 1.50 bits per heavy atom. The average Bonchev–Trinajstić information content (AvgIpc) is 1.81. The van der Waals surface area contributed by atoms with Crippen LogP contribution in [-0.4, -0.2) is 49.1 Å². The second-order valence-electron chi connectivity index (χ2n) is 4.15. The molecule has 0 N–H and O–H groups in total. The molecule has 0 amide bonds. The van der Waals surface area contributed by atoms with Crippen molar-refractivity contribution in [3.63, 3.8) is 0 Å². The molecule has 58 valence electrons. The van der Waals surface area contributed by atoms with E-state index in [0.717, 1.165) is 0 Å². The molecule has 1 aliphatic heterocycles. The molecule has 1 fully saturated rings. The van der Waals surface area contributed by atoms with Gasteiger partial charge in [-0.15, -0.1) is 0 Å². The SMILES string of the molecule is C[N+]1(C)CC[CH2][GaH][CH2]CC1. The second-order valence-corrected chi connectivity index (χ2v) is 8.60. The summed E-state index contributed by atoms with van der Waals surface area (Å²) in [6.07, 6.45) is 3.04. The van der Waals surface area contributed by atoms with Crippen LogP contribution in [0.2, 0.25) is 9.95 Å². The molecule has 1 saturated heterocycles. The van der Waals surface area contributed by atoms with Crippen LogP contribution in [0.3, 0.4) is 0 Å². The van der Waals surface area contributed by atoms with Crippen molar-refractivity contribution in [1.29, 1.82) is 0 Å². The fraction of sp³-hybridized carbons (Fsp3) is 1.00. The maximum absolute atomic E-state index is 2.37. The van der Waals surface area contributed by atoms with Gasteiger partial charge in [0.25, 0.3) is 0 Å². The summed E-state index contributed by atoms with van der Waals surface area (Å²) in [5.74, 6) is 0. The first kappa shape index (κ1) is 8.69. The van der Waals surface area contributed by atoms with E-state index in [1.165, 1.54) is 30.4 Å². The Morgan fingerprint density at radius 1 is 1.00 bits per heavy atom. The van der Waals surface area contributed by atoms with Crippen molar-refractivity contribution in [3.8, 4) is 0 Å². The monoisotopic (exact) mass is 198 g/mol. The van der Waals surface area contributed by atoms with Gasteiger partial charge in [0.2, 0.25) is 0 Å². The van der Waals surface area contributed by atoms with E-state index in [1.54, 1.807) is 9.95 Å². The Labute approximate surface area is 72.2 Å². The van der Waals surface area contributed by atoms with Crippen LogP contribution in [0.1, 0.15) is 12.8 Å². The Kier molecular flexibility index (Phi) is 3.33. The van der Waals surface area contributed by atoms with E-state index in [4.69, 9.17) is 0 Å². The molecule has 0 aromatic heterocycles. The van der Waals surface area contributed by atoms with Crippen molar-refractivity contribution in [1.82, 2.24) is 0 Å². The van der Waals surface area contributed by atoms with E-state index < -0.39 is 0 Å². The molecule has 0 radical (unpaired) electrons. The van der Waals surface area contributed by atoms with Gasteiger partial charge < -0.3 is 0 Å². The zero-order chi connectivity index (χ0) is 7.45. The summed E-state index contributed by atoms with van der Waals surface area (Å²) in [5, 5.41) is 0. The molecule has 0 bridgehead atoms. The van der Waals surface area contributed by atoms with Gasteiger partial charge in [-0.05, 0) is 0 Å². The third-order valence-electron chi connectivity index (χ3n) is 2.53. The van der Waals surface area contributed by atoms with E-state index in [1.807, 2.05) is 0 Å². The first-order valence-electron chi connectivity index (χ1n) is 4.53. The van der Waals surface area contributed by atoms with Gasteiger partial charge in [-0.2, -0.15) is 0 Å². The molecule has 10 heavy (non-hydrogen) atoms. The van der Waals surface area contributed by atoms with Crippen LogP contribution in [0, 0.1) is 0 Å². The first-order valence-corrected chi connectivity index (χ1v) is 8.72. The minimum atomic E-state index is 0.0151. The van der Waals surface area contributed by atoms with Gasteiger partial charge in [0.05, 0.1) is 0 Å². The molecule has 1 heterocycles. The van der Waals surface area contributed by atoms with E-state index in [0.29, 0.717) is 0 Å². The molecule has 0 aromatic rings. The van der Waals surface area contributed by atoms with Crippen molar-refractivity contribution in [3.05, 3.63) is 0 Å². The average molecular weight is 199 g/mol. The van der Waals surface area contributed by atoms with Gasteiger partial charge in [0, 0.05) is 0 Å².